The molecule has 2 aliphatic heterocycles. The Morgan fingerprint density at radius 2 is 1.87 bits per heavy atom. The summed E-state index contributed by atoms with van der Waals surface area (Å²) in [6.45, 7) is 0. The molecule has 4 nitrogen and oxygen atoms in total. The summed E-state index contributed by atoms with van der Waals surface area (Å²) in [6, 6.07) is 10.00. The van der Waals surface area contributed by atoms with Gasteiger partial charge in [0.15, 0.2) is 0 Å². The minimum absolute atomic E-state index is 0.807. The van der Waals surface area contributed by atoms with Gasteiger partial charge in [0, 0.05) is 11.9 Å². The molecule has 0 atom stereocenters. The molecule has 0 bridgehead atoms. The SMILES string of the molecule is c1ccc(-n2cnc3cnnc-3c2)cc1. The molecule has 2 heterocycles. The van der Waals surface area contributed by atoms with E-state index >= 15 is 0 Å². The molecule has 4 heteroatoms. The summed E-state index contributed by atoms with van der Waals surface area (Å²) in [5.74, 6) is 0. The van der Waals surface area contributed by atoms with Gasteiger partial charge in [-0.2, -0.15) is 5.10 Å². The molecule has 0 fully saturated rings. The molecule has 72 valence electrons. The third-order valence-corrected chi connectivity index (χ3v) is 2.24. The minimum atomic E-state index is 0.807. The summed E-state index contributed by atoms with van der Waals surface area (Å²) in [4.78, 5) is 4.26. The van der Waals surface area contributed by atoms with Crippen LogP contribution in [0.5, 0.6) is 0 Å². The molecule has 1 aromatic carbocycles. The average molecular weight is 196 g/mol. The van der Waals surface area contributed by atoms with E-state index in [0.29, 0.717) is 0 Å². The standard InChI is InChI=1S/C11H8N4/c1-2-4-9(5-3-1)15-7-11-10(12-8-15)6-13-14-11/h1-8H. The van der Waals surface area contributed by atoms with Crippen molar-refractivity contribution in [3.63, 3.8) is 0 Å². The largest absolute Gasteiger partial charge is 0.306 e. The Bertz CT molecular complexity index is 544. The van der Waals surface area contributed by atoms with Crippen molar-refractivity contribution in [2.24, 2.45) is 0 Å². The molecule has 0 aliphatic carbocycles. The van der Waals surface area contributed by atoms with E-state index < -0.39 is 0 Å². The van der Waals surface area contributed by atoms with Crippen LogP contribution in [-0.4, -0.2) is 19.7 Å². The Labute approximate surface area is 86.6 Å². The Hall–Kier alpha value is -2.23. The second kappa shape index (κ2) is 3.16. The summed E-state index contributed by atoms with van der Waals surface area (Å²) in [6.07, 6.45) is 5.34. The third-order valence-electron chi connectivity index (χ3n) is 2.24. The third kappa shape index (κ3) is 1.36. The molecule has 1 aromatic rings. The number of para-hydroxylation sites is 1. The smallest absolute Gasteiger partial charge is 0.130 e. The predicted octanol–water partition coefficient (Wildman–Crippen LogP) is 1.77. The van der Waals surface area contributed by atoms with E-state index in [1.807, 2.05) is 41.1 Å². The molecule has 0 saturated carbocycles. The molecular weight excluding hydrogens is 188 g/mol. The van der Waals surface area contributed by atoms with Crippen LogP contribution < -0.4 is 0 Å². The highest BCUT2D eigenvalue weighted by Gasteiger charge is 2.06. The predicted molar refractivity (Wildman–Crippen MR) is 55.8 cm³/mol. The van der Waals surface area contributed by atoms with Gasteiger partial charge >= 0.3 is 0 Å². The molecular formula is C11H8N4. The lowest BCUT2D eigenvalue weighted by molar-refractivity contribution is 0.972. The van der Waals surface area contributed by atoms with E-state index in [2.05, 4.69) is 15.2 Å². The molecule has 0 amide bonds. The van der Waals surface area contributed by atoms with Gasteiger partial charge in [-0.25, -0.2) is 4.98 Å². The van der Waals surface area contributed by atoms with E-state index in [9.17, 15) is 0 Å². The number of nitrogens with zero attached hydrogens (tertiary/aromatic N) is 4. The first kappa shape index (κ1) is 8.11. The normalized spacial score (nSPS) is 10.7. The van der Waals surface area contributed by atoms with Crippen LogP contribution in [0.2, 0.25) is 0 Å². The fourth-order valence-corrected chi connectivity index (χ4v) is 1.49. The van der Waals surface area contributed by atoms with Crippen molar-refractivity contribution in [2.75, 3.05) is 0 Å². The van der Waals surface area contributed by atoms with Gasteiger partial charge in [0.1, 0.15) is 11.4 Å². The van der Waals surface area contributed by atoms with Crippen LogP contribution in [0.25, 0.3) is 17.1 Å². The summed E-state index contributed by atoms with van der Waals surface area (Å²) in [7, 11) is 0. The Kier molecular flexibility index (Phi) is 1.71. The molecule has 0 unspecified atom stereocenters. The van der Waals surface area contributed by atoms with Crippen LogP contribution in [0.4, 0.5) is 0 Å². The highest BCUT2D eigenvalue weighted by Crippen LogP contribution is 2.15. The van der Waals surface area contributed by atoms with Crippen LogP contribution in [0.15, 0.2) is 49.1 Å². The summed E-state index contributed by atoms with van der Waals surface area (Å²) in [5.41, 5.74) is 2.69. The molecule has 2 aliphatic rings. The lowest BCUT2D eigenvalue weighted by atomic mass is 10.3. The summed E-state index contributed by atoms with van der Waals surface area (Å²) >= 11 is 0. The van der Waals surface area contributed by atoms with Crippen LogP contribution in [-0.2, 0) is 0 Å². The summed E-state index contributed by atoms with van der Waals surface area (Å²) in [5, 5.41) is 7.78. The van der Waals surface area contributed by atoms with Crippen molar-refractivity contribution in [3.8, 4) is 17.1 Å². The first-order chi connectivity index (χ1) is 7.43. The minimum Gasteiger partial charge on any atom is -0.306 e. The first-order valence-corrected chi connectivity index (χ1v) is 4.64. The van der Waals surface area contributed by atoms with Gasteiger partial charge in [0.2, 0.25) is 0 Å². The van der Waals surface area contributed by atoms with E-state index in [1.54, 1.807) is 12.5 Å². The number of hydrogen-bond donors (Lipinski definition) is 0. The Morgan fingerprint density at radius 3 is 2.73 bits per heavy atom. The molecule has 0 N–H and O–H groups in total. The van der Waals surface area contributed by atoms with Crippen LogP contribution in [0.3, 0.4) is 0 Å². The van der Waals surface area contributed by atoms with Crippen molar-refractivity contribution in [2.45, 2.75) is 0 Å². The average Bonchev–Trinajstić information content (AvgIpc) is 2.77. The Morgan fingerprint density at radius 1 is 1.00 bits per heavy atom. The van der Waals surface area contributed by atoms with Gasteiger partial charge in [-0.05, 0) is 12.1 Å². The topological polar surface area (TPSA) is 43.6 Å². The fraction of sp³-hybridized carbons (Fsp3) is 0. The van der Waals surface area contributed by atoms with E-state index in [1.165, 1.54) is 0 Å². The van der Waals surface area contributed by atoms with Crippen molar-refractivity contribution in [1.82, 2.24) is 19.7 Å². The van der Waals surface area contributed by atoms with Crippen LogP contribution in [0, 0.1) is 0 Å². The maximum absolute atomic E-state index is 4.26. The van der Waals surface area contributed by atoms with Gasteiger partial charge < -0.3 is 4.57 Å². The fourth-order valence-electron chi connectivity index (χ4n) is 1.49. The quantitative estimate of drug-likeness (QED) is 0.595. The number of aromatic nitrogens is 4. The van der Waals surface area contributed by atoms with Crippen molar-refractivity contribution < 1.29 is 0 Å². The van der Waals surface area contributed by atoms with E-state index in [0.717, 1.165) is 17.1 Å². The van der Waals surface area contributed by atoms with Crippen molar-refractivity contribution in [1.29, 1.82) is 0 Å². The van der Waals surface area contributed by atoms with Gasteiger partial charge in [-0.15, -0.1) is 5.10 Å². The molecule has 15 heavy (non-hydrogen) atoms. The number of hydrogen-bond acceptors (Lipinski definition) is 3. The van der Waals surface area contributed by atoms with E-state index in [-0.39, 0.29) is 0 Å². The van der Waals surface area contributed by atoms with Crippen molar-refractivity contribution in [3.05, 3.63) is 49.1 Å². The maximum atomic E-state index is 4.26. The number of rotatable bonds is 1. The maximum Gasteiger partial charge on any atom is 0.130 e. The molecule has 0 saturated heterocycles. The molecule has 0 radical (unpaired) electrons. The van der Waals surface area contributed by atoms with Gasteiger partial charge in [-0.3, -0.25) is 0 Å². The van der Waals surface area contributed by atoms with E-state index in [4.69, 9.17) is 0 Å². The monoisotopic (exact) mass is 196 g/mol. The zero-order valence-corrected chi connectivity index (χ0v) is 7.91. The highest BCUT2D eigenvalue weighted by atomic mass is 15.2. The lowest BCUT2D eigenvalue weighted by Crippen LogP contribution is -1.97. The van der Waals surface area contributed by atoms with Crippen LogP contribution >= 0.6 is 0 Å². The first-order valence-electron chi connectivity index (χ1n) is 4.64. The second-order valence-electron chi connectivity index (χ2n) is 3.23. The van der Waals surface area contributed by atoms with Gasteiger partial charge in [-0.1, -0.05) is 18.2 Å². The molecule has 0 spiro atoms. The summed E-state index contributed by atoms with van der Waals surface area (Å²) < 4.78 is 1.93. The number of fused-ring (bicyclic) bond motifs is 1. The lowest BCUT2D eigenvalue weighted by Gasteiger charge is -2.06. The zero-order chi connectivity index (χ0) is 10.1. The van der Waals surface area contributed by atoms with Gasteiger partial charge in [0.25, 0.3) is 0 Å². The highest BCUT2D eigenvalue weighted by molar-refractivity contribution is 5.53. The molecule has 0 aromatic heterocycles. The van der Waals surface area contributed by atoms with Gasteiger partial charge in [0.05, 0.1) is 12.5 Å². The second-order valence-corrected chi connectivity index (χ2v) is 3.23. The number of benzene rings is 1. The molecule has 3 rings (SSSR count). The van der Waals surface area contributed by atoms with Crippen molar-refractivity contribution >= 4 is 0 Å². The zero-order valence-electron chi connectivity index (χ0n) is 7.91. The van der Waals surface area contributed by atoms with Crippen LogP contribution in [0.1, 0.15) is 0 Å². The Balaban J connectivity index is 2.17.